The monoisotopic (exact) mass is 489 g/mol. The Balaban J connectivity index is 1.95. The number of rotatable bonds is 9. The van der Waals surface area contributed by atoms with Crippen LogP contribution in [0.5, 0.6) is 11.5 Å². The predicted octanol–water partition coefficient (Wildman–Crippen LogP) is 2.09. The number of nitrogens with one attached hydrogen (secondary N) is 1. The maximum Gasteiger partial charge on any atom is 0.244 e. The minimum Gasteiger partial charge on any atom is -0.486 e. The number of anilines is 1. The molecule has 2 aromatic carbocycles. The largest absolute Gasteiger partial charge is 0.486 e. The highest BCUT2D eigenvalue weighted by atomic mass is 32.2. The zero-order valence-electron chi connectivity index (χ0n) is 19.9. The van der Waals surface area contributed by atoms with Crippen LogP contribution in [0.3, 0.4) is 0 Å². The molecule has 1 heterocycles. The number of aryl methyl sites for hydroxylation is 1. The molecule has 0 saturated heterocycles. The summed E-state index contributed by atoms with van der Waals surface area (Å²) in [5, 5.41) is 2.60. The molecule has 2 aromatic rings. The van der Waals surface area contributed by atoms with Crippen LogP contribution < -0.4 is 19.1 Å². The van der Waals surface area contributed by atoms with Crippen LogP contribution in [0.15, 0.2) is 42.5 Å². The molecule has 0 bridgehead atoms. The van der Waals surface area contributed by atoms with Gasteiger partial charge in [-0.3, -0.25) is 13.9 Å². The molecule has 0 fully saturated rings. The number of carbonyl (C=O) groups excluding carboxylic acids is 2. The highest BCUT2D eigenvalue weighted by Crippen LogP contribution is 2.34. The summed E-state index contributed by atoms with van der Waals surface area (Å²) in [6.45, 7) is 4.23. The number of hydrogen-bond acceptors (Lipinski definition) is 6. The first-order valence-corrected chi connectivity index (χ1v) is 12.9. The van der Waals surface area contributed by atoms with Crippen molar-refractivity contribution in [3.05, 3.63) is 53.6 Å². The number of likely N-dealkylation sites (N-methyl/N-ethyl adjacent to an activating group) is 1. The number of amides is 2. The Labute approximate surface area is 200 Å². The van der Waals surface area contributed by atoms with Crippen molar-refractivity contribution in [1.82, 2.24) is 10.2 Å². The number of nitrogens with zero attached hydrogens (tertiary/aromatic N) is 2. The van der Waals surface area contributed by atoms with Crippen molar-refractivity contribution in [2.75, 3.05) is 37.4 Å². The lowest BCUT2D eigenvalue weighted by atomic mass is 10.1. The summed E-state index contributed by atoms with van der Waals surface area (Å²) >= 11 is 0. The van der Waals surface area contributed by atoms with E-state index in [-0.39, 0.29) is 18.1 Å². The van der Waals surface area contributed by atoms with Gasteiger partial charge in [0.2, 0.25) is 21.8 Å². The van der Waals surface area contributed by atoms with E-state index < -0.39 is 28.5 Å². The van der Waals surface area contributed by atoms with Crippen LogP contribution in [-0.2, 0) is 26.2 Å². The van der Waals surface area contributed by atoms with Crippen LogP contribution in [0, 0.1) is 6.92 Å². The van der Waals surface area contributed by atoms with Crippen LogP contribution in [0.25, 0.3) is 0 Å². The summed E-state index contributed by atoms with van der Waals surface area (Å²) in [6.07, 6.45) is 1.41. The lowest BCUT2D eigenvalue weighted by Crippen LogP contribution is -2.51. The van der Waals surface area contributed by atoms with Gasteiger partial charge in [0.05, 0.1) is 11.9 Å². The Kier molecular flexibility index (Phi) is 8.03. The van der Waals surface area contributed by atoms with E-state index in [0.29, 0.717) is 31.1 Å². The molecule has 9 nitrogen and oxygen atoms in total. The average molecular weight is 490 g/mol. The van der Waals surface area contributed by atoms with Gasteiger partial charge in [-0.2, -0.15) is 0 Å². The molecule has 0 radical (unpaired) electrons. The Morgan fingerprint density at radius 2 is 1.79 bits per heavy atom. The van der Waals surface area contributed by atoms with Gasteiger partial charge >= 0.3 is 0 Å². The smallest absolute Gasteiger partial charge is 0.244 e. The minimum atomic E-state index is -3.82. The zero-order chi connectivity index (χ0) is 24.9. The lowest BCUT2D eigenvalue weighted by molar-refractivity contribution is -0.140. The number of sulfonamides is 1. The van der Waals surface area contributed by atoms with Gasteiger partial charge in [-0.15, -0.1) is 0 Å². The molecule has 34 heavy (non-hydrogen) atoms. The molecule has 0 spiro atoms. The molecule has 3 rings (SSSR count). The maximum absolute atomic E-state index is 13.6. The second-order valence-electron chi connectivity index (χ2n) is 8.15. The van der Waals surface area contributed by atoms with Crippen LogP contribution >= 0.6 is 0 Å². The molecule has 1 atom stereocenters. The van der Waals surface area contributed by atoms with E-state index in [9.17, 15) is 18.0 Å². The van der Waals surface area contributed by atoms with Crippen LogP contribution in [0.1, 0.15) is 24.5 Å². The highest BCUT2D eigenvalue weighted by molar-refractivity contribution is 7.92. The Hall–Kier alpha value is -3.27. The van der Waals surface area contributed by atoms with Crippen molar-refractivity contribution >= 4 is 27.5 Å². The van der Waals surface area contributed by atoms with E-state index in [2.05, 4.69) is 5.32 Å². The highest BCUT2D eigenvalue weighted by Gasteiger charge is 2.31. The fraction of sp³-hybridized carbons (Fsp3) is 0.417. The van der Waals surface area contributed by atoms with Crippen LogP contribution in [0.2, 0.25) is 0 Å². The summed E-state index contributed by atoms with van der Waals surface area (Å²) < 4.78 is 37.5. The van der Waals surface area contributed by atoms with Crippen molar-refractivity contribution in [3.63, 3.8) is 0 Å². The van der Waals surface area contributed by atoms with Gasteiger partial charge in [-0.05, 0) is 31.0 Å². The van der Waals surface area contributed by atoms with Gasteiger partial charge in [-0.25, -0.2) is 8.42 Å². The number of ether oxygens (including phenoxy) is 2. The topological polar surface area (TPSA) is 105 Å². The van der Waals surface area contributed by atoms with Crippen molar-refractivity contribution < 1.29 is 27.5 Å². The van der Waals surface area contributed by atoms with Gasteiger partial charge in [0.15, 0.2) is 11.5 Å². The van der Waals surface area contributed by atoms with Gasteiger partial charge in [0.1, 0.15) is 25.8 Å². The molecule has 1 N–H and O–H groups in total. The Bertz CT molecular complexity index is 1150. The molecule has 0 aromatic heterocycles. The summed E-state index contributed by atoms with van der Waals surface area (Å²) in [4.78, 5) is 27.6. The first-order valence-electron chi connectivity index (χ1n) is 11.1. The van der Waals surface area contributed by atoms with Crippen LogP contribution in [-0.4, -0.2) is 64.2 Å². The third kappa shape index (κ3) is 5.99. The average Bonchev–Trinajstić information content (AvgIpc) is 2.81. The first kappa shape index (κ1) is 25.4. The maximum atomic E-state index is 13.6. The lowest BCUT2D eigenvalue weighted by Gasteiger charge is -2.32. The molecule has 10 heteroatoms. The van der Waals surface area contributed by atoms with E-state index in [0.717, 1.165) is 21.7 Å². The third-order valence-electron chi connectivity index (χ3n) is 5.56. The molecule has 0 unspecified atom stereocenters. The van der Waals surface area contributed by atoms with Crippen molar-refractivity contribution in [1.29, 1.82) is 0 Å². The predicted molar refractivity (Wildman–Crippen MR) is 129 cm³/mol. The molecular weight excluding hydrogens is 458 g/mol. The second-order valence-corrected chi connectivity index (χ2v) is 10.1. The number of hydrogen-bond donors (Lipinski definition) is 1. The third-order valence-corrected chi connectivity index (χ3v) is 6.70. The van der Waals surface area contributed by atoms with E-state index in [4.69, 9.17) is 9.47 Å². The second kappa shape index (κ2) is 10.8. The summed E-state index contributed by atoms with van der Waals surface area (Å²) in [5.74, 6) is 0.130. The standard InChI is InChI=1S/C24H31N3O6S/c1-5-20(24(29)25-3)26(15-18-8-6-7-17(2)13-18)23(28)16-27(34(4,30)31)19-9-10-21-22(14-19)33-12-11-32-21/h6-10,13-14,20H,5,11-12,15-16H2,1-4H3,(H,25,29)/t20-/m1/s1. The van der Waals surface area contributed by atoms with Gasteiger partial charge in [0, 0.05) is 19.7 Å². The van der Waals surface area contributed by atoms with Crippen molar-refractivity contribution in [3.8, 4) is 11.5 Å². The summed E-state index contributed by atoms with van der Waals surface area (Å²) in [5.41, 5.74) is 2.15. The number of fused-ring (bicyclic) bond motifs is 1. The van der Waals surface area contributed by atoms with E-state index in [1.807, 2.05) is 38.1 Å². The van der Waals surface area contributed by atoms with Crippen molar-refractivity contribution in [2.24, 2.45) is 0 Å². The summed E-state index contributed by atoms with van der Waals surface area (Å²) in [6, 6.07) is 11.6. The first-order chi connectivity index (χ1) is 16.1. The minimum absolute atomic E-state index is 0.172. The van der Waals surface area contributed by atoms with Crippen molar-refractivity contribution in [2.45, 2.75) is 32.9 Å². The molecular formula is C24H31N3O6S. The fourth-order valence-corrected chi connectivity index (χ4v) is 4.74. The van der Waals surface area contributed by atoms with Gasteiger partial charge < -0.3 is 19.7 Å². The number of carbonyl (C=O) groups is 2. The van der Waals surface area contributed by atoms with Crippen LogP contribution in [0.4, 0.5) is 5.69 Å². The zero-order valence-corrected chi connectivity index (χ0v) is 20.7. The summed E-state index contributed by atoms with van der Waals surface area (Å²) in [7, 11) is -2.31. The van der Waals surface area contributed by atoms with Gasteiger partial charge in [-0.1, -0.05) is 36.8 Å². The molecule has 1 aliphatic rings. The van der Waals surface area contributed by atoms with E-state index in [1.54, 1.807) is 18.2 Å². The van der Waals surface area contributed by atoms with E-state index >= 15 is 0 Å². The Morgan fingerprint density at radius 1 is 1.09 bits per heavy atom. The molecule has 2 amide bonds. The normalized spacial score (nSPS) is 13.6. The number of benzene rings is 2. The van der Waals surface area contributed by atoms with Gasteiger partial charge in [0.25, 0.3) is 0 Å². The molecule has 0 saturated carbocycles. The SMILES string of the molecule is CC[C@H](C(=O)NC)N(Cc1cccc(C)c1)C(=O)CN(c1ccc2c(c1)OCCO2)S(C)(=O)=O. The quantitative estimate of drug-likeness (QED) is 0.578. The molecule has 1 aliphatic heterocycles. The van der Waals surface area contributed by atoms with E-state index in [1.165, 1.54) is 11.9 Å². The fourth-order valence-electron chi connectivity index (χ4n) is 3.89. The molecule has 184 valence electrons. The molecule has 0 aliphatic carbocycles. The Morgan fingerprint density at radius 3 is 2.41 bits per heavy atom.